The third-order valence-electron chi connectivity index (χ3n) is 4.59. The first kappa shape index (κ1) is 17.7. The largest absolute Gasteiger partial charge is 0.460 e. The molecular formula is C18H25N3O4. The van der Waals surface area contributed by atoms with E-state index < -0.39 is 12.1 Å². The minimum atomic E-state index is -0.528. The number of carbonyl (C=O) groups is 1. The molecule has 0 radical (unpaired) electrons. The van der Waals surface area contributed by atoms with Crippen LogP contribution in [-0.4, -0.2) is 52.9 Å². The van der Waals surface area contributed by atoms with Crippen LogP contribution in [0.25, 0.3) is 0 Å². The summed E-state index contributed by atoms with van der Waals surface area (Å²) >= 11 is 0. The second kappa shape index (κ2) is 7.84. The predicted molar refractivity (Wildman–Crippen MR) is 92.6 cm³/mol. The Hall–Kier alpha value is -2.12. The Balaban J connectivity index is 1.70. The lowest BCUT2D eigenvalue weighted by molar-refractivity contribution is -0.135. The molecule has 0 amide bonds. The van der Waals surface area contributed by atoms with E-state index in [9.17, 15) is 9.90 Å². The number of aliphatic hydroxyl groups excluding tert-OH is 1. The number of hydrogen-bond donors (Lipinski definition) is 2. The summed E-state index contributed by atoms with van der Waals surface area (Å²) in [6, 6.07) is 9.74. The Labute approximate surface area is 147 Å². The van der Waals surface area contributed by atoms with Crippen LogP contribution in [0.5, 0.6) is 0 Å². The van der Waals surface area contributed by atoms with Gasteiger partial charge in [-0.25, -0.2) is 4.79 Å². The Bertz CT molecular complexity index is 622. The first-order chi connectivity index (χ1) is 12.1. The lowest BCUT2D eigenvalue weighted by Gasteiger charge is -2.25. The normalized spacial score (nSPS) is 26.0. The van der Waals surface area contributed by atoms with E-state index in [0.29, 0.717) is 26.1 Å². The van der Waals surface area contributed by atoms with Crippen LogP contribution < -0.4 is 5.32 Å². The number of esters is 1. The van der Waals surface area contributed by atoms with Crippen LogP contribution in [-0.2, 0) is 20.9 Å². The fourth-order valence-corrected chi connectivity index (χ4v) is 3.27. The molecule has 7 heteroatoms. The summed E-state index contributed by atoms with van der Waals surface area (Å²) in [5.74, 6) is -0.309. The van der Waals surface area contributed by atoms with E-state index in [1.165, 1.54) is 0 Å². The number of hydrazone groups is 1. The summed E-state index contributed by atoms with van der Waals surface area (Å²) in [6.45, 7) is 4.45. The van der Waals surface area contributed by atoms with Crippen molar-refractivity contribution >= 4 is 11.8 Å². The van der Waals surface area contributed by atoms with Gasteiger partial charge >= 0.3 is 5.97 Å². The maximum Gasteiger partial charge on any atom is 0.375 e. The number of benzene rings is 1. The molecule has 0 saturated carbocycles. The van der Waals surface area contributed by atoms with Crippen LogP contribution in [0.4, 0.5) is 0 Å². The van der Waals surface area contributed by atoms with Gasteiger partial charge in [0.05, 0.1) is 25.4 Å². The highest BCUT2D eigenvalue weighted by Gasteiger charge is 2.48. The second-order valence-corrected chi connectivity index (χ2v) is 6.25. The summed E-state index contributed by atoms with van der Waals surface area (Å²) in [7, 11) is 0. The predicted octanol–water partition coefficient (Wildman–Crippen LogP) is 1.22. The summed E-state index contributed by atoms with van der Waals surface area (Å²) in [5.41, 5.74) is 1.08. The third kappa shape index (κ3) is 3.77. The molecule has 1 fully saturated rings. The molecule has 4 atom stereocenters. The Morgan fingerprint density at radius 3 is 2.84 bits per heavy atom. The van der Waals surface area contributed by atoms with Gasteiger partial charge in [0, 0.05) is 6.42 Å². The Morgan fingerprint density at radius 1 is 1.40 bits per heavy atom. The zero-order valence-electron chi connectivity index (χ0n) is 14.6. The number of nitrogens with one attached hydrogen (secondary N) is 1. The molecule has 7 nitrogen and oxygen atoms in total. The van der Waals surface area contributed by atoms with Crippen molar-refractivity contribution in [1.29, 1.82) is 0 Å². The molecule has 0 bridgehead atoms. The second-order valence-electron chi connectivity index (χ2n) is 6.25. The van der Waals surface area contributed by atoms with Crippen LogP contribution in [0.3, 0.4) is 0 Å². The molecule has 0 aromatic heterocycles. The van der Waals surface area contributed by atoms with Crippen molar-refractivity contribution in [2.75, 3.05) is 6.61 Å². The van der Waals surface area contributed by atoms with Gasteiger partial charge in [0.2, 0.25) is 5.84 Å². The standard InChI is InChI=1S/C18H25N3O4/c1-3-14(22)13-10-15(25-11-12-8-6-5-7-9-12)17-19-16(20-21(13)17)18(23)24-4-2/h5-9,13-15,17,22H,3-4,10-11H2,1-2H3,(H,19,20). The number of carbonyl (C=O) groups excluding carboxylic acids is 1. The highest BCUT2D eigenvalue weighted by atomic mass is 16.5. The molecule has 1 saturated heterocycles. The molecule has 3 rings (SSSR count). The minimum absolute atomic E-state index is 0.174. The van der Waals surface area contributed by atoms with Gasteiger partial charge in [-0.05, 0) is 18.9 Å². The molecule has 4 unspecified atom stereocenters. The molecule has 2 heterocycles. The molecule has 2 N–H and O–H groups in total. The number of nitrogens with zero attached hydrogens (tertiary/aromatic N) is 2. The monoisotopic (exact) mass is 347 g/mol. The molecule has 0 aliphatic carbocycles. The Morgan fingerprint density at radius 2 is 2.16 bits per heavy atom. The number of hydrogen-bond acceptors (Lipinski definition) is 7. The van der Waals surface area contributed by atoms with Crippen molar-refractivity contribution in [3.8, 4) is 0 Å². The molecule has 136 valence electrons. The topological polar surface area (TPSA) is 83.4 Å². The van der Waals surface area contributed by atoms with Gasteiger partial charge < -0.3 is 19.9 Å². The maximum atomic E-state index is 12.0. The van der Waals surface area contributed by atoms with E-state index in [4.69, 9.17) is 9.47 Å². The van der Waals surface area contributed by atoms with Crippen molar-refractivity contribution < 1.29 is 19.4 Å². The molecule has 2 aliphatic heterocycles. The van der Waals surface area contributed by atoms with Crippen LogP contribution in [0.1, 0.15) is 32.3 Å². The molecule has 2 aliphatic rings. The van der Waals surface area contributed by atoms with E-state index in [2.05, 4.69) is 10.4 Å². The molecule has 1 aromatic rings. The van der Waals surface area contributed by atoms with Crippen molar-refractivity contribution in [2.45, 2.75) is 57.7 Å². The van der Waals surface area contributed by atoms with Crippen LogP contribution in [0.15, 0.2) is 35.4 Å². The van der Waals surface area contributed by atoms with Crippen molar-refractivity contribution in [1.82, 2.24) is 10.3 Å². The van der Waals surface area contributed by atoms with E-state index in [1.54, 1.807) is 11.9 Å². The van der Waals surface area contributed by atoms with Gasteiger partial charge in [0.15, 0.2) is 0 Å². The van der Waals surface area contributed by atoms with E-state index >= 15 is 0 Å². The SMILES string of the molecule is CCOC(=O)C1=NN2C(C(O)CC)CC(OCc3ccccc3)C2N1. The van der Waals surface area contributed by atoms with Crippen LogP contribution in [0.2, 0.25) is 0 Å². The fourth-order valence-electron chi connectivity index (χ4n) is 3.27. The van der Waals surface area contributed by atoms with E-state index in [0.717, 1.165) is 5.56 Å². The van der Waals surface area contributed by atoms with E-state index in [-0.39, 0.29) is 24.1 Å². The summed E-state index contributed by atoms with van der Waals surface area (Å²) in [4.78, 5) is 12.0. The number of rotatable bonds is 7. The smallest absolute Gasteiger partial charge is 0.375 e. The number of ether oxygens (including phenoxy) is 2. The van der Waals surface area contributed by atoms with Crippen molar-refractivity contribution in [2.24, 2.45) is 5.10 Å². The summed E-state index contributed by atoms with van der Waals surface area (Å²) in [5, 5.41) is 19.5. The molecule has 0 spiro atoms. The minimum Gasteiger partial charge on any atom is -0.460 e. The van der Waals surface area contributed by atoms with Gasteiger partial charge in [-0.1, -0.05) is 37.3 Å². The van der Waals surface area contributed by atoms with Gasteiger partial charge in [-0.2, -0.15) is 0 Å². The fraction of sp³-hybridized carbons (Fsp3) is 0.556. The average Bonchev–Trinajstić information content (AvgIpc) is 3.20. The van der Waals surface area contributed by atoms with Crippen molar-refractivity contribution in [3.05, 3.63) is 35.9 Å². The van der Waals surface area contributed by atoms with Crippen molar-refractivity contribution in [3.63, 3.8) is 0 Å². The van der Waals surface area contributed by atoms with Gasteiger partial charge in [-0.3, -0.25) is 5.01 Å². The number of aliphatic hydroxyl groups is 1. The lowest BCUT2D eigenvalue weighted by atomic mass is 10.1. The van der Waals surface area contributed by atoms with Gasteiger partial charge in [-0.15, -0.1) is 5.10 Å². The third-order valence-corrected chi connectivity index (χ3v) is 4.59. The summed E-state index contributed by atoms with van der Waals surface area (Å²) < 4.78 is 11.1. The van der Waals surface area contributed by atoms with Gasteiger partial charge in [0.1, 0.15) is 12.3 Å². The summed E-state index contributed by atoms with van der Waals surface area (Å²) in [6.07, 6.45) is 0.291. The Kier molecular flexibility index (Phi) is 5.55. The van der Waals surface area contributed by atoms with E-state index in [1.807, 2.05) is 37.3 Å². The maximum absolute atomic E-state index is 12.0. The quantitative estimate of drug-likeness (QED) is 0.722. The van der Waals surface area contributed by atoms with Crippen LogP contribution >= 0.6 is 0 Å². The highest BCUT2D eigenvalue weighted by Crippen LogP contribution is 2.32. The highest BCUT2D eigenvalue weighted by molar-refractivity contribution is 6.35. The first-order valence-electron chi connectivity index (χ1n) is 8.78. The molecule has 1 aromatic carbocycles. The molecule has 25 heavy (non-hydrogen) atoms. The lowest BCUT2D eigenvalue weighted by Crippen LogP contribution is -2.45. The van der Waals surface area contributed by atoms with Crippen LogP contribution in [0, 0.1) is 0 Å². The zero-order chi connectivity index (χ0) is 17.8. The number of fused-ring (bicyclic) bond motifs is 1. The average molecular weight is 347 g/mol. The zero-order valence-corrected chi connectivity index (χ0v) is 14.6. The first-order valence-corrected chi connectivity index (χ1v) is 8.78. The van der Waals surface area contributed by atoms with Gasteiger partial charge in [0.25, 0.3) is 0 Å². The molecular weight excluding hydrogens is 322 g/mol. The number of amidine groups is 1.